The molecule has 0 saturated heterocycles. The maximum Gasteiger partial charge on any atom is 0.345 e. The van der Waals surface area contributed by atoms with Crippen molar-refractivity contribution in [2.45, 2.75) is 0 Å². The Bertz CT molecular complexity index is 546. The first kappa shape index (κ1) is 18.7. The van der Waals surface area contributed by atoms with Crippen LogP contribution in [0.5, 0.6) is 11.5 Å². The summed E-state index contributed by atoms with van der Waals surface area (Å²) in [5.41, 5.74) is -0.646. The highest BCUT2D eigenvalue weighted by atomic mass is 16.6. The van der Waals surface area contributed by atoms with Gasteiger partial charge in [-0.05, 0) is 0 Å². The number of hydrogen-bond acceptors (Lipinski definition) is 8. The number of esters is 1. The fourth-order valence-electron chi connectivity index (χ4n) is 1.67. The minimum atomic E-state index is -0.836. The Morgan fingerprint density at radius 1 is 1.00 bits per heavy atom. The molecule has 9 heteroatoms. The number of rotatable bonds is 10. The monoisotopic (exact) mass is 329 g/mol. The van der Waals surface area contributed by atoms with Crippen LogP contribution in [0.25, 0.3) is 0 Å². The topological polar surface area (TPSA) is 106 Å². The Hall–Kier alpha value is -2.39. The lowest BCUT2D eigenvalue weighted by molar-refractivity contribution is -0.385. The summed E-state index contributed by atoms with van der Waals surface area (Å²) in [5, 5.41) is 11.2. The highest BCUT2D eigenvalue weighted by molar-refractivity contribution is 5.94. The van der Waals surface area contributed by atoms with Crippen LogP contribution in [0.1, 0.15) is 10.4 Å². The van der Waals surface area contributed by atoms with Crippen LogP contribution in [0.2, 0.25) is 0 Å². The first-order valence-corrected chi connectivity index (χ1v) is 6.69. The molecule has 0 aliphatic rings. The van der Waals surface area contributed by atoms with Gasteiger partial charge in [-0.25, -0.2) is 4.79 Å². The van der Waals surface area contributed by atoms with Gasteiger partial charge in [0.15, 0.2) is 11.5 Å². The summed E-state index contributed by atoms with van der Waals surface area (Å²) in [6.07, 6.45) is 0. The van der Waals surface area contributed by atoms with Gasteiger partial charge in [-0.2, -0.15) is 0 Å². The van der Waals surface area contributed by atoms with E-state index in [0.29, 0.717) is 13.2 Å². The molecule has 0 heterocycles. The van der Waals surface area contributed by atoms with Crippen molar-refractivity contribution in [1.29, 1.82) is 0 Å². The van der Waals surface area contributed by atoms with Gasteiger partial charge in [0.25, 0.3) is 5.69 Å². The van der Waals surface area contributed by atoms with Gasteiger partial charge in [-0.1, -0.05) is 0 Å². The van der Waals surface area contributed by atoms with Crippen LogP contribution >= 0.6 is 0 Å². The average molecular weight is 329 g/mol. The zero-order valence-corrected chi connectivity index (χ0v) is 13.2. The van der Waals surface area contributed by atoms with E-state index in [1.54, 1.807) is 0 Å². The van der Waals surface area contributed by atoms with E-state index >= 15 is 0 Å². The van der Waals surface area contributed by atoms with Crippen molar-refractivity contribution in [2.75, 3.05) is 47.8 Å². The van der Waals surface area contributed by atoms with Gasteiger partial charge < -0.3 is 23.7 Å². The molecular formula is C14H19NO8. The largest absolute Gasteiger partial charge is 0.487 e. The Morgan fingerprint density at radius 3 is 1.96 bits per heavy atom. The molecule has 0 bridgehead atoms. The third-order valence-electron chi connectivity index (χ3n) is 2.75. The molecule has 0 N–H and O–H groups in total. The number of carbonyl (C=O) groups excluding carboxylic acids is 1. The van der Waals surface area contributed by atoms with Crippen LogP contribution in [-0.4, -0.2) is 58.6 Å². The quantitative estimate of drug-likeness (QED) is 0.275. The molecule has 0 aliphatic heterocycles. The van der Waals surface area contributed by atoms with E-state index in [2.05, 4.69) is 4.74 Å². The molecule has 1 aromatic carbocycles. The number of benzene rings is 1. The van der Waals surface area contributed by atoms with E-state index in [4.69, 9.17) is 18.9 Å². The zero-order valence-electron chi connectivity index (χ0n) is 13.2. The number of nitro benzene ring substituents is 1. The van der Waals surface area contributed by atoms with Gasteiger partial charge in [0.1, 0.15) is 18.8 Å². The van der Waals surface area contributed by atoms with Crippen LogP contribution < -0.4 is 9.47 Å². The van der Waals surface area contributed by atoms with E-state index in [1.165, 1.54) is 20.3 Å². The number of carbonyl (C=O) groups is 1. The van der Waals surface area contributed by atoms with Crippen molar-refractivity contribution in [3.8, 4) is 11.5 Å². The third-order valence-corrected chi connectivity index (χ3v) is 2.75. The third kappa shape index (κ3) is 5.38. The second-order valence-corrected chi connectivity index (χ2v) is 4.25. The summed E-state index contributed by atoms with van der Waals surface area (Å²) < 4.78 is 25.2. The van der Waals surface area contributed by atoms with Crippen LogP contribution in [-0.2, 0) is 14.2 Å². The fraction of sp³-hybridized carbons (Fsp3) is 0.500. The molecule has 0 aromatic heterocycles. The van der Waals surface area contributed by atoms with Gasteiger partial charge in [-0.15, -0.1) is 0 Å². The summed E-state index contributed by atoms with van der Waals surface area (Å²) >= 11 is 0. The molecule has 1 aromatic rings. The molecule has 1 rings (SSSR count). The van der Waals surface area contributed by atoms with Crippen LogP contribution in [0.4, 0.5) is 5.69 Å². The molecule has 0 radical (unpaired) electrons. The van der Waals surface area contributed by atoms with Crippen LogP contribution in [0.15, 0.2) is 12.1 Å². The lowest BCUT2D eigenvalue weighted by Gasteiger charge is -2.14. The molecule has 9 nitrogen and oxygen atoms in total. The summed E-state index contributed by atoms with van der Waals surface area (Å²) in [6.45, 7) is 0.966. The molecular weight excluding hydrogens is 310 g/mol. The van der Waals surface area contributed by atoms with Gasteiger partial charge in [0.2, 0.25) is 0 Å². The minimum Gasteiger partial charge on any atom is -0.487 e. The van der Waals surface area contributed by atoms with Crippen LogP contribution in [0, 0.1) is 10.1 Å². The van der Waals surface area contributed by atoms with E-state index in [0.717, 1.165) is 13.2 Å². The fourth-order valence-corrected chi connectivity index (χ4v) is 1.67. The standard InChI is InChI=1S/C14H19NO8/c1-19-4-6-22-12-8-10(14(16)21-3)11(15(17)18)9-13(12)23-7-5-20-2/h8-9H,4-7H2,1-3H3. The Morgan fingerprint density at radius 2 is 1.52 bits per heavy atom. The van der Waals surface area contributed by atoms with Crippen molar-refractivity contribution in [2.24, 2.45) is 0 Å². The van der Waals surface area contributed by atoms with Gasteiger partial charge in [-0.3, -0.25) is 10.1 Å². The first-order valence-electron chi connectivity index (χ1n) is 6.69. The molecule has 0 unspecified atom stereocenters. The summed E-state index contributed by atoms with van der Waals surface area (Å²) in [6, 6.07) is 2.35. The molecule has 0 spiro atoms. The molecule has 0 aliphatic carbocycles. The molecule has 128 valence electrons. The average Bonchev–Trinajstić information content (AvgIpc) is 2.54. The molecule has 0 fully saturated rings. The Labute approximate surface area is 133 Å². The summed E-state index contributed by atoms with van der Waals surface area (Å²) in [4.78, 5) is 22.2. The maximum atomic E-state index is 11.7. The maximum absolute atomic E-state index is 11.7. The molecule has 0 saturated carbocycles. The molecule has 0 amide bonds. The predicted molar refractivity (Wildman–Crippen MR) is 79.2 cm³/mol. The minimum absolute atomic E-state index is 0.137. The molecule has 23 heavy (non-hydrogen) atoms. The van der Waals surface area contributed by atoms with E-state index < -0.39 is 16.6 Å². The number of ether oxygens (including phenoxy) is 5. The van der Waals surface area contributed by atoms with E-state index in [1.807, 2.05) is 0 Å². The van der Waals surface area contributed by atoms with Crippen molar-refractivity contribution in [3.63, 3.8) is 0 Å². The van der Waals surface area contributed by atoms with E-state index in [-0.39, 0.29) is 30.3 Å². The van der Waals surface area contributed by atoms with Gasteiger partial charge in [0, 0.05) is 20.3 Å². The van der Waals surface area contributed by atoms with Gasteiger partial charge >= 0.3 is 5.97 Å². The van der Waals surface area contributed by atoms with Crippen molar-refractivity contribution < 1.29 is 33.4 Å². The Balaban J connectivity index is 3.19. The Kier molecular flexibility index (Phi) is 7.78. The number of hydrogen-bond donors (Lipinski definition) is 0. The second kappa shape index (κ2) is 9.59. The van der Waals surface area contributed by atoms with E-state index in [9.17, 15) is 14.9 Å². The predicted octanol–water partition coefficient (Wildman–Crippen LogP) is 1.43. The zero-order chi connectivity index (χ0) is 17.2. The van der Waals surface area contributed by atoms with Gasteiger partial charge in [0.05, 0.1) is 31.3 Å². The van der Waals surface area contributed by atoms with Crippen molar-refractivity contribution in [1.82, 2.24) is 0 Å². The summed E-state index contributed by atoms with van der Waals surface area (Å²) in [5.74, 6) is -0.515. The second-order valence-electron chi connectivity index (χ2n) is 4.25. The summed E-state index contributed by atoms with van der Waals surface area (Å²) in [7, 11) is 4.15. The highest BCUT2D eigenvalue weighted by Gasteiger charge is 2.25. The SMILES string of the molecule is COCCOc1cc(C(=O)OC)c([N+](=O)[O-])cc1OCCOC. The number of methoxy groups -OCH3 is 3. The lowest BCUT2D eigenvalue weighted by atomic mass is 10.1. The molecule has 0 atom stereocenters. The first-order chi connectivity index (χ1) is 11.0. The van der Waals surface area contributed by atoms with Crippen molar-refractivity contribution in [3.05, 3.63) is 27.8 Å². The number of nitro groups is 1. The lowest BCUT2D eigenvalue weighted by Crippen LogP contribution is -2.11. The van der Waals surface area contributed by atoms with Crippen LogP contribution in [0.3, 0.4) is 0 Å². The smallest absolute Gasteiger partial charge is 0.345 e. The normalized spacial score (nSPS) is 10.2. The number of nitrogens with zero attached hydrogens (tertiary/aromatic N) is 1. The van der Waals surface area contributed by atoms with Crippen molar-refractivity contribution >= 4 is 11.7 Å². The highest BCUT2D eigenvalue weighted by Crippen LogP contribution is 2.35.